The molecule has 6 nitrogen and oxygen atoms in total. The van der Waals surface area contributed by atoms with Crippen LogP contribution in [0.5, 0.6) is 0 Å². The number of anilines is 2. The van der Waals surface area contributed by atoms with Crippen molar-refractivity contribution < 1.29 is 22.3 Å². The molecular formula is C13H19FN2O4S. The summed E-state index contributed by atoms with van der Waals surface area (Å²) in [4.78, 5) is 11.7. The van der Waals surface area contributed by atoms with E-state index in [1.54, 1.807) is 0 Å². The van der Waals surface area contributed by atoms with E-state index >= 15 is 0 Å². The zero-order valence-electron chi connectivity index (χ0n) is 11.8. The van der Waals surface area contributed by atoms with Gasteiger partial charge in [-0.15, -0.1) is 0 Å². The van der Waals surface area contributed by atoms with Crippen molar-refractivity contribution in [3.63, 3.8) is 0 Å². The Balaban J connectivity index is 2.41. The van der Waals surface area contributed by atoms with Crippen LogP contribution >= 0.6 is 0 Å². The number of rotatable bonds is 8. The van der Waals surface area contributed by atoms with Gasteiger partial charge in [0.1, 0.15) is 5.82 Å². The first-order valence-corrected chi connectivity index (χ1v) is 8.20. The molecule has 0 aliphatic carbocycles. The Kier molecular flexibility index (Phi) is 6.57. The van der Waals surface area contributed by atoms with Crippen LogP contribution < -0.4 is 11.1 Å². The van der Waals surface area contributed by atoms with Crippen molar-refractivity contribution in [2.75, 3.05) is 36.3 Å². The number of hydrogen-bond donors (Lipinski definition) is 2. The first-order valence-electron chi connectivity index (χ1n) is 6.38. The topological polar surface area (TPSA) is 98.5 Å². The highest BCUT2D eigenvalue weighted by molar-refractivity contribution is 7.91. The lowest BCUT2D eigenvalue weighted by Crippen LogP contribution is -2.18. The first-order chi connectivity index (χ1) is 9.84. The number of halogens is 1. The Hall–Kier alpha value is -1.67. The Bertz CT molecular complexity index is 590. The minimum atomic E-state index is -3.21. The van der Waals surface area contributed by atoms with Crippen molar-refractivity contribution >= 4 is 27.1 Å². The summed E-state index contributed by atoms with van der Waals surface area (Å²) in [7, 11) is -1.78. The Morgan fingerprint density at radius 1 is 1.38 bits per heavy atom. The van der Waals surface area contributed by atoms with Gasteiger partial charge >= 0.3 is 0 Å². The smallest absolute Gasteiger partial charge is 0.224 e. The van der Waals surface area contributed by atoms with E-state index in [4.69, 9.17) is 10.5 Å². The summed E-state index contributed by atoms with van der Waals surface area (Å²) >= 11 is 0. The number of carbonyl (C=O) groups is 1. The van der Waals surface area contributed by atoms with Crippen molar-refractivity contribution in [1.82, 2.24) is 0 Å². The predicted octanol–water partition coefficient (Wildman–Crippen LogP) is 1.19. The van der Waals surface area contributed by atoms with Crippen molar-refractivity contribution in [3.05, 3.63) is 24.0 Å². The van der Waals surface area contributed by atoms with Gasteiger partial charge in [0.2, 0.25) is 5.91 Å². The molecule has 0 heterocycles. The molecule has 0 aromatic heterocycles. The van der Waals surface area contributed by atoms with E-state index in [1.807, 2.05) is 0 Å². The number of amides is 1. The van der Waals surface area contributed by atoms with Gasteiger partial charge < -0.3 is 15.8 Å². The Morgan fingerprint density at radius 3 is 2.71 bits per heavy atom. The van der Waals surface area contributed by atoms with Crippen LogP contribution in [0, 0.1) is 5.82 Å². The number of ether oxygens (including phenoxy) is 1. The lowest BCUT2D eigenvalue weighted by atomic mass is 10.2. The van der Waals surface area contributed by atoms with E-state index in [9.17, 15) is 17.6 Å². The number of nitrogens with two attached hydrogens (primary N) is 1. The number of benzene rings is 1. The fourth-order valence-electron chi connectivity index (χ4n) is 1.63. The molecule has 1 aromatic carbocycles. The molecule has 118 valence electrons. The van der Waals surface area contributed by atoms with Crippen molar-refractivity contribution in [1.29, 1.82) is 0 Å². The fraction of sp³-hybridized carbons (Fsp3) is 0.462. The predicted molar refractivity (Wildman–Crippen MR) is 79.2 cm³/mol. The third-order valence-corrected chi connectivity index (χ3v) is 4.44. The van der Waals surface area contributed by atoms with Crippen LogP contribution in [-0.4, -0.2) is 39.5 Å². The van der Waals surface area contributed by atoms with Crippen LogP contribution in [0.3, 0.4) is 0 Å². The molecule has 0 saturated heterocycles. The quantitative estimate of drug-likeness (QED) is 0.702. The van der Waals surface area contributed by atoms with Gasteiger partial charge in [0, 0.05) is 13.5 Å². The van der Waals surface area contributed by atoms with E-state index in [0.29, 0.717) is 5.69 Å². The number of nitrogen functional groups attached to an aromatic ring is 1. The van der Waals surface area contributed by atoms with Gasteiger partial charge in [-0.25, -0.2) is 12.8 Å². The standard InChI is InChI=1S/C13H19FN2O4S/c1-20-6-8-21(18,19)7-2-3-13(17)16-12-5-4-10(14)9-11(12)15/h4-5,9H,2-3,6-8,15H2,1H3,(H,16,17). The van der Waals surface area contributed by atoms with Crippen LogP contribution in [0.2, 0.25) is 0 Å². The van der Waals surface area contributed by atoms with Gasteiger partial charge in [0.15, 0.2) is 9.84 Å². The normalized spacial score (nSPS) is 11.3. The van der Waals surface area contributed by atoms with Gasteiger partial charge in [0.05, 0.1) is 29.5 Å². The molecule has 1 rings (SSSR count). The third kappa shape index (κ3) is 6.54. The average Bonchev–Trinajstić information content (AvgIpc) is 2.39. The number of carbonyl (C=O) groups excluding carboxylic acids is 1. The monoisotopic (exact) mass is 318 g/mol. The molecule has 0 spiro atoms. The summed E-state index contributed by atoms with van der Waals surface area (Å²) in [5, 5.41) is 2.52. The summed E-state index contributed by atoms with van der Waals surface area (Å²) in [6.45, 7) is 0.140. The molecule has 0 fully saturated rings. The maximum Gasteiger partial charge on any atom is 0.224 e. The second-order valence-electron chi connectivity index (χ2n) is 4.53. The van der Waals surface area contributed by atoms with Crippen LogP contribution in [0.15, 0.2) is 18.2 Å². The SMILES string of the molecule is COCCS(=O)(=O)CCCC(=O)Nc1ccc(F)cc1N. The molecule has 0 saturated carbocycles. The molecule has 0 radical (unpaired) electrons. The fourth-order valence-corrected chi connectivity index (χ4v) is 2.83. The van der Waals surface area contributed by atoms with E-state index in [-0.39, 0.29) is 42.5 Å². The first kappa shape index (κ1) is 17.4. The summed E-state index contributed by atoms with van der Waals surface area (Å²) in [5.41, 5.74) is 5.99. The molecule has 0 aliphatic rings. The zero-order valence-corrected chi connectivity index (χ0v) is 12.6. The number of hydrogen-bond acceptors (Lipinski definition) is 5. The van der Waals surface area contributed by atoms with E-state index < -0.39 is 15.7 Å². The second kappa shape index (κ2) is 7.94. The minimum Gasteiger partial charge on any atom is -0.397 e. The molecule has 1 amide bonds. The molecule has 1 aromatic rings. The second-order valence-corrected chi connectivity index (χ2v) is 6.83. The van der Waals surface area contributed by atoms with Gasteiger partial charge in [-0.05, 0) is 24.6 Å². The Morgan fingerprint density at radius 2 is 2.10 bits per heavy atom. The Labute approximate surface area is 123 Å². The van der Waals surface area contributed by atoms with Crippen LogP contribution in [0.1, 0.15) is 12.8 Å². The molecule has 0 unspecified atom stereocenters. The lowest BCUT2D eigenvalue weighted by molar-refractivity contribution is -0.116. The summed E-state index contributed by atoms with van der Waals surface area (Å²) in [5.74, 6) is -0.997. The van der Waals surface area contributed by atoms with Crippen molar-refractivity contribution in [2.45, 2.75) is 12.8 Å². The van der Waals surface area contributed by atoms with Gasteiger partial charge in [-0.2, -0.15) is 0 Å². The van der Waals surface area contributed by atoms with Gasteiger partial charge in [-0.3, -0.25) is 4.79 Å². The van der Waals surface area contributed by atoms with E-state index in [2.05, 4.69) is 5.32 Å². The largest absolute Gasteiger partial charge is 0.397 e. The molecule has 0 bridgehead atoms. The van der Waals surface area contributed by atoms with Gasteiger partial charge in [0.25, 0.3) is 0 Å². The summed E-state index contributed by atoms with van der Waals surface area (Å²) < 4.78 is 40.6. The van der Waals surface area contributed by atoms with Crippen LogP contribution in [0.4, 0.5) is 15.8 Å². The average molecular weight is 318 g/mol. The summed E-state index contributed by atoms with van der Waals surface area (Å²) in [6, 6.07) is 3.64. The van der Waals surface area contributed by atoms with Crippen molar-refractivity contribution in [2.24, 2.45) is 0 Å². The van der Waals surface area contributed by atoms with Crippen molar-refractivity contribution in [3.8, 4) is 0 Å². The molecule has 21 heavy (non-hydrogen) atoms. The highest BCUT2D eigenvalue weighted by Crippen LogP contribution is 2.19. The highest BCUT2D eigenvalue weighted by Gasteiger charge is 2.12. The van der Waals surface area contributed by atoms with Gasteiger partial charge in [-0.1, -0.05) is 0 Å². The minimum absolute atomic E-state index is 0.0447. The highest BCUT2D eigenvalue weighted by atomic mass is 32.2. The summed E-state index contributed by atoms with van der Waals surface area (Å²) in [6.07, 6.45) is 0.252. The van der Waals surface area contributed by atoms with Crippen LogP contribution in [-0.2, 0) is 19.4 Å². The number of nitrogens with one attached hydrogen (secondary N) is 1. The molecule has 8 heteroatoms. The maximum atomic E-state index is 12.9. The number of sulfone groups is 1. The van der Waals surface area contributed by atoms with E-state index in [0.717, 1.165) is 6.07 Å². The molecule has 3 N–H and O–H groups in total. The third-order valence-electron chi connectivity index (χ3n) is 2.75. The molecule has 0 aliphatic heterocycles. The maximum absolute atomic E-state index is 12.9. The number of methoxy groups -OCH3 is 1. The van der Waals surface area contributed by atoms with Crippen LogP contribution in [0.25, 0.3) is 0 Å². The lowest BCUT2D eigenvalue weighted by Gasteiger charge is -2.08. The molecule has 0 atom stereocenters. The zero-order chi connectivity index (χ0) is 15.9. The van der Waals surface area contributed by atoms with E-state index in [1.165, 1.54) is 19.2 Å². The molecular weight excluding hydrogens is 299 g/mol.